The zero-order valence-corrected chi connectivity index (χ0v) is 9.06. The maximum atomic E-state index is 12.2. The number of nitrogens with two attached hydrogens (primary N) is 1. The van der Waals surface area contributed by atoms with E-state index in [0.29, 0.717) is 12.5 Å². The number of alkyl halides is 3. The highest BCUT2D eigenvalue weighted by molar-refractivity contribution is 4.83. The van der Waals surface area contributed by atoms with Gasteiger partial charge >= 0.3 is 6.18 Å². The topological polar surface area (TPSA) is 29.3 Å². The van der Waals surface area contributed by atoms with Crippen LogP contribution in [0.5, 0.6) is 0 Å². The zero-order chi connectivity index (χ0) is 11.5. The van der Waals surface area contributed by atoms with E-state index in [4.69, 9.17) is 5.73 Å². The van der Waals surface area contributed by atoms with E-state index in [9.17, 15) is 13.2 Å². The first-order valence-electron chi connectivity index (χ1n) is 5.41. The standard InChI is InChI=1S/C10H19F3N2/c1-15(7-10(11,12)13)9(6-14)8-4-2-3-5-8/h8-9H,2-7,14H2,1H3. The summed E-state index contributed by atoms with van der Waals surface area (Å²) in [6.45, 7) is -0.539. The first-order valence-corrected chi connectivity index (χ1v) is 5.41. The maximum absolute atomic E-state index is 12.2. The van der Waals surface area contributed by atoms with Crippen LogP contribution >= 0.6 is 0 Å². The van der Waals surface area contributed by atoms with Gasteiger partial charge in [0.15, 0.2) is 0 Å². The lowest BCUT2D eigenvalue weighted by molar-refractivity contribution is -0.149. The van der Waals surface area contributed by atoms with Crippen molar-refractivity contribution >= 4 is 0 Å². The Balaban J connectivity index is 2.49. The van der Waals surface area contributed by atoms with E-state index in [2.05, 4.69) is 0 Å². The van der Waals surface area contributed by atoms with Gasteiger partial charge in [-0.3, -0.25) is 4.90 Å². The Hall–Kier alpha value is -0.290. The van der Waals surface area contributed by atoms with Gasteiger partial charge in [0.1, 0.15) is 0 Å². The van der Waals surface area contributed by atoms with Gasteiger partial charge in [-0.25, -0.2) is 0 Å². The number of halogens is 3. The quantitative estimate of drug-likeness (QED) is 0.791. The highest BCUT2D eigenvalue weighted by Gasteiger charge is 2.34. The Labute approximate surface area is 88.6 Å². The van der Waals surface area contributed by atoms with Crippen LogP contribution in [0.25, 0.3) is 0 Å². The van der Waals surface area contributed by atoms with E-state index >= 15 is 0 Å². The molecule has 0 aliphatic heterocycles. The molecule has 1 fully saturated rings. The van der Waals surface area contributed by atoms with Gasteiger partial charge in [-0.1, -0.05) is 12.8 Å². The predicted octanol–water partition coefficient (Wildman–Crippen LogP) is 2.00. The highest BCUT2D eigenvalue weighted by Crippen LogP contribution is 2.30. The minimum Gasteiger partial charge on any atom is -0.329 e. The SMILES string of the molecule is CN(CC(F)(F)F)C(CN)C1CCCC1. The van der Waals surface area contributed by atoms with Crippen LogP contribution < -0.4 is 5.73 Å². The van der Waals surface area contributed by atoms with Crippen molar-refractivity contribution in [1.29, 1.82) is 0 Å². The second-order valence-electron chi connectivity index (χ2n) is 4.38. The summed E-state index contributed by atoms with van der Waals surface area (Å²) in [6.07, 6.45) is 0.164. The molecule has 0 saturated heterocycles. The van der Waals surface area contributed by atoms with Crippen LogP contribution in [0.15, 0.2) is 0 Å². The van der Waals surface area contributed by atoms with Crippen LogP contribution in [0.4, 0.5) is 13.2 Å². The zero-order valence-electron chi connectivity index (χ0n) is 9.06. The van der Waals surface area contributed by atoms with Crippen LogP contribution in [0, 0.1) is 5.92 Å². The molecule has 0 heterocycles. The molecule has 0 bridgehead atoms. The molecule has 1 aliphatic carbocycles. The second kappa shape index (κ2) is 5.16. The molecule has 0 aromatic carbocycles. The molecule has 90 valence electrons. The molecule has 1 saturated carbocycles. The first kappa shape index (κ1) is 12.8. The van der Waals surface area contributed by atoms with Gasteiger partial charge in [-0.15, -0.1) is 0 Å². The molecule has 0 aromatic heterocycles. The van der Waals surface area contributed by atoms with Gasteiger partial charge in [-0.05, 0) is 25.8 Å². The molecule has 1 rings (SSSR count). The van der Waals surface area contributed by atoms with E-state index in [1.807, 2.05) is 0 Å². The highest BCUT2D eigenvalue weighted by atomic mass is 19.4. The van der Waals surface area contributed by atoms with Crippen molar-refractivity contribution in [3.8, 4) is 0 Å². The summed E-state index contributed by atoms with van der Waals surface area (Å²) < 4.78 is 36.6. The molecule has 0 amide bonds. The predicted molar refractivity (Wildman–Crippen MR) is 53.5 cm³/mol. The molecule has 1 atom stereocenters. The number of hydrogen-bond donors (Lipinski definition) is 1. The van der Waals surface area contributed by atoms with E-state index in [1.54, 1.807) is 0 Å². The third-order valence-corrected chi connectivity index (χ3v) is 3.18. The average molecular weight is 224 g/mol. The monoisotopic (exact) mass is 224 g/mol. The summed E-state index contributed by atoms with van der Waals surface area (Å²) in [5, 5.41) is 0. The largest absolute Gasteiger partial charge is 0.401 e. The summed E-state index contributed by atoms with van der Waals surface area (Å²) in [5.74, 6) is 0.349. The van der Waals surface area contributed by atoms with Gasteiger partial charge in [0.05, 0.1) is 6.54 Å². The second-order valence-corrected chi connectivity index (χ2v) is 4.38. The first-order chi connectivity index (χ1) is 6.94. The van der Waals surface area contributed by atoms with Crippen LogP contribution in [0.3, 0.4) is 0 Å². The van der Waals surface area contributed by atoms with E-state index in [0.717, 1.165) is 25.7 Å². The van der Waals surface area contributed by atoms with Gasteiger partial charge in [-0.2, -0.15) is 13.2 Å². The molecule has 0 aromatic rings. The molecule has 0 spiro atoms. The van der Waals surface area contributed by atoms with Crippen molar-refractivity contribution in [1.82, 2.24) is 4.90 Å². The Morgan fingerprint density at radius 2 is 1.87 bits per heavy atom. The minimum absolute atomic E-state index is 0.117. The third kappa shape index (κ3) is 3.99. The van der Waals surface area contributed by atoms with Gasteiger partial charge in [0.25, 0.3) is 0 Å². The summed E-state index contributed by atoms with van der Waals surface area (Å²) in [7, 11) is 1.52. The third-order valence-electron chi connectivity index (χ3n) is 3.18. The van der Waals surface area contributed by atoms with Crippen LogP contribution in [-0.4, -0.2) is 37.3 Å². The molecule has 2 nitrogen and oxygen atoms in total. The maximum Gasteiger partial charge on any atom is 0.401 e. The molecular formula is C10H19F3N2. The number of hydrogen-bond acceptors (Lipinski definition) is 2. The van der Waals surface area contributed by atoms with Gasteiger partial charge < -0.3 is 5.73 Å². The van der Waals surface area contributed by atoms with Crippen LogP contribution in [-0.2, 0) is 0 Å². The van der Waals surface area contributed by atoms with Gasteiger partial charge in [0, 0.05) is 12.6 Å². The molecule has 5 heteroatoms. The Morgan fingerprint density at radius 3 is 2.27 bits per heavy atom. The summed E-state index contributed by atoms with van der Waals surface area (Å²) in [4.78, 5) is 1.36. The number of likely N-dealkylation sites (N-methyl/N-ethyl adjacent to an activating group) is 1. The van der Waals surface area contributed by atoms with Crippen molar-refractivity contribution in [2.24, 2.45) is 11.7 Å². The van der Waals surface area contributed by atoms with E-state index in [1.165, 1.54) is 11.9 Å². The average Bonchev–Trinajstić information content (AvgIpc) is 2.54. The molecule has 1 aliphatic rings. The van der Waals surface area contributed by atoms with Crippen molar-refractivity contribution in [3.63, 3.8) is 0 Å². The molecule has 0 radical (unpaired) electrons. The summed E-state index contributed by atoms with van der Waals surface area (Å²) >= 11 is 0. The van der Waals surface area contributed by atoms with Crippen LogP contribution in [0.1, 0.15) is 25.7 Å². The Morgan fingerprint density at radius 1 is 1.33 bits per heavy atom. The molecular weight excluding hydrogens is 205 g/mol. The minimum atomic E-state index is -4.12. The van der Waals surface area contributed by atoms with Crippen molar-refractivity contribution in [2.75, 3.05) is 20.1 Å². The lowest BCUT2D eigenvalue weighted by atomic mass is 9.97. The normalized spacial score (nSPS) is 21.2. The lowest BCUT2D eigenvalue weighted by Gasteiger charge is -2.32. The van der Waals surface area contributed by atoms with Crippen molar-refractivity contribution in [3.05, 3.63) is 0 Å². The molecule has 15 heavy (non-hydrogen) atoms. The number of rotatable bonds is 4. The fraction of sp³-hybridized carbons (Fsp3) is 1.00. The fourth-order valence-electron chi connectivity index (χ4n) is 2.47. The Kier molecular flexibility index (Phi) is 4.40. The summed E-state index contributed by atoms with van der Waals surface area (Å²) in [5.41, 5.74) is 5.56. The van der Waals surface area contributed by atoms with Gasteiger partial charge in [0.2, 0.25) is 0 Å². The van der Waals surface area contributed by atoms with E-state index in [-0.39, 0.29) is 6.04 Å². The Bertz CT molecular complexity index is 188. The van der Waals surface area contributed by atoms with Crippen LogP contribution in [0.2, 0.25) is 0 Å². The summed E-state index contributed by atoms with van der Waals surface area (Å²) in [6, 6.07) is -0.117. The van der Waals surface area contributed by atoms with Crippen molar-refractivity contribution in [2.45, 2.75) is 37.9 Å². The molecule has 2 N–H and O–H groups in total. The van der Waals surface area contributed by atoms with Crippen molar-refractivity contribution < 1.29 is 13.2 Å². The fourth-order valence-corrected chi connectivity index (χ4v) is 2.47. The van der Waals surface area contributed by atoms with E-state index < -0.39 is 12.7 Å². The number of nitrogens with zero attached hydrogens (tertiary/aromatic N) is 1. The molecule has 1 unspecified atom stereocenters. The lowest BCUT2D eigenvalue weighted by Crippen LogP contribution is -2.46. The smallest absolute Gasteiger partial charge is 0.329 e.